The average molecular weight is 365 g/mol. The first-order chi connectivity index (χ1) is 12.4. The number of Topliss-reactive ketones (excluding diaryl/α,β-unsaturated/α-hetero) is 1. The van der Waals surface area contributed by atoms with Gasteiger partial charge in [0.15, 0.2) is 5.78 Å². The summed E-state index contributed by atoms with van der Waals surface area (Å²) in [4.78, 5) is 28.0. The van der Waals surface area contributed by atoms with Crippen molar-refractivity contribution < 1.29 is 9.59 Å². The SMILES string of the molecule is Cc1ccc(N2C(=O)C[C@H](c3ccsc3)C3=C2CC(C)(C)CC3=O)cc1. The van der Waals surface area contributed by atoms with Crippen LogP contribution in [0.15, 0.2) is 52.4 Å². The summed E-state index contributed by atoms with van der Waals surface area (Å²) in [7, 11) is 0. The van der Waals surface area contributed by atoms with Gasteiger partial charge in [0.2, 0.25) is 5.91 Å². The van der Waals surface area contributed by atoms with Crippen LogP contribution < -0.4 is 4.90 Å². The molecule has 2 aromatic rings. The Morgan fingerprint density at radius 1 is 1.08 bits per heavy atom. The number of benzene rings is 1. The van der Waals surface area contributed by atoms with Crippen molar-refractivity contribution in [2.45, 2.75) is 46.0 Å². The third-order valence-corrected chi connectivity index (χ3v) is 6.08. The minimum atomic E-state index is -0.129. The lowest BCUT2D eigenvalue weighted by molar-refractivity contribution is -0.121. The van der Waals surface area contributed by atoms with Crippen LogP contribution in [0.3, 0.4) is 0 Å². The van der Waals surface area contributed by atoms with E-state index < -0.39 is 0 Å². The predicted molar refractivity (Wildman–Crippen MR) is 105 cm³/mol. The van der Waals surface area contributed by atoms with Crippen LogP contribution in [0.2, 0.25) is 0 Å². The maximum atomic E-state index is 13.1. The van der Waals surface area contributed by atoms with Gasteiger partial charge in [-0.1, -0.05) is 31.5 Å². The Bertz CT molecular complexity index is 891. The molecular weight excluding hydrogens is 342 g/mol. The second kappa shape index (κ2) is 6.20. The van der Waals surface area contributed by atoms with Crippen LogP contribution in [0.4, 0.5) is 5.69 Å². The van der Waals surface area contributed by atoms with E-state index in [1.54, 1.807) is 16.2 Å². The van der Waals surface area contributed by atoms with Crippen molar-refractivity contribution in [3.63, 3.8) is 0 Å². The van der Waals surface area contributed by atoms with Crippen LogP contribution >= 0.6 is 11.3 Å². The van der Waals surface area contributed by atoms with Crippen LogP contribution in [0.25, 0.3) is 0 Å². The van der Waals surface area contributed by atoms with E-state index in [2.05, 4.69) is 19.2 Å². The maximum absolute atomic E-state index is 13.1. The first kappa shape index (κ1) is 17.2. The normalized spacial score (nSPS) is 22.6. The molecule has 1 atom stereocenters. The Hall–Kier alpha value is -2.20. The van der Waals surface area contributed by atoms with Gasteiger partial charge in [-0.25, -0.2) is 0 Å². The highest BCUT2D eigenvalue weighted by molar-refractivity contribution is 7.08. The molecular formula is C22H23NO2S. The number of ketones is 1. The van der Waals surface area contributed by atoms with Gasteiger partial charge in [-0.2, -0.15) is 11.3 Å². The molecule has 2 heterocycles. The van der Waals surface area contributed by atoms with E-state index in [0.717, 1.165) is 34.5 Å². The lowest BCUT2D eigenvalue weighted by atomic mass is 9.69. The predicted octanol–water partition coefficient (Wildman–Crippen LogP) is 5.22. The second-order valence-electron chi connectivity index (χ2n) is 8.18. The quantitative estimate of drug-likeness (QED) is 0.732. The molecule has 1 aromatic heterocycles. The van der Waals surface area contributed by atoms with Crippen molar-refractivity contribution in [1.82, 2.24) is 0 Å². The fraction of sp³-hybridized carbons (Fsp3) is 0.364. The summed E-state index contributed by atoms with van der Waals surface area (Å²) in [5.74, 6) is 0.167. The molecule has 4 rings (SSSR count). The van der Waals surface area contributed by atoms with Gasteiger partial charge in [-0.15, -0.1) is 0 Å². The molecule has 2 aliphatic rings. The third-order valence-electron chi connectivity index (χ3n) is 5.38. The van der Waals surface area contributed by atoms with Crippen molar-refractivity contribution in [3.8, 4) is 0 Å². The molecule has 0 unspecified atom stereocenters. The standard InChI is InChI=1S/C22H23NO2S/c1-14-4-6-16(7-5-14)23-18-11-22(2,3)12-19(24)21(18)17(10-20(23)25)15-8-9-26-13-15/h4-9,13,17H,10-12H2,1-3H3/t17-/m1/s1. The minimum absolute atomic E-state index is 0.0781. The van der Waals surface area contributed by atoms with Gasteiger partial charge in [0.25, 0.3) is 0 Å². The molecule has 0 fully saturated rings. The Labute approximate surface area is 158 Å². The van der Waals surface area contributed by atoms with Crippen LogP contribution in [0.5, 0.6) is 0 Å². The molecule has 1 amide bonds. The first-order valence-electron chi connectivity index (χ1n) is 9.04. The van der Waals surface area contributed by atoms with Crippen LogP contribution in [-0.2, 0) is 9.59 Å². The van der Waals surface area contributed by atoms with Crippen molar-refractivity contribution in [2.24, 2.45) is 5.41 Å². The zero-order valence-corrected chi connectivity index (χ0v) is 16.2. The number of carbonyl (C=O) groups is 2. The first-order valence-corrected chi connectivity index (χ1v) is 9.98. The van der Waals surface area contributed by atoms with Crippen molar-refractivity contribution in [1.29, 1.82) is 0 Å². The van der Waals surface area contributed by atoms with E-state index >= 15 is 0 Å². The number of nitrogens with zero attached hydrogens (tertiary/aromatic N) is 1. The van der Waals surface area contributed by atoms with Crippen molar-refractivity contribution in [3.05, 3.63) is 63.5 Å². The number of anilines is 1. The highest BCUT2D eigenvalue weighted by Crippen LogP contribution is 2.48. The number of aryl methyl sites for hydroxylation is 1. The molecule has 1 aliphatic carbocycles. The maximum Gasteiger partial charge on any atom is 0.232 e. The van der Waals surface area contributed by atoms with E-state index in [0.29, 0.717) is 12.8 Å². The van der Waals surface area contributed by atoms with E-state index in [1.165, 1.54) is 0 Å². The Morgan fingerprint density at radius 3 is 2.46 bits per heavy atom. The summed E-state index contributed by atoms with van der Waals surface area (Å²) in [6, 6.07) is 10.0. The monoisotopic (exact) mass is 365 g/mol. The fourth-order valence-corrected chi connectivity index (χ4v) is 4.88. The molecule has 26 heavy (non-hydrogen) atoms. The summed E-state index contributed by atoms with van der Waals surface area (Å²) < 4.78 is 0. The van der Waals surface area contributed by atoms with Gasteiger partial charge >= 0.3 is 0 Å². The summed E-state index contributed by atoms with van der Waals surface area (Å²) in [5.41, 5.74) is 4.74. The molecule has 0 bridgehead atoms. The number of allylic oxidation sites excluding steroid dienone is 2. The lowest BCUT2D eigenvalue weighted by Gasteiger charge is -2.42. The highest BCUT2D eigenvalue weighted by Gasteiger charge is 2.44. The van der Waals surface area contributed by atoms with Gasteiger partial charge in [0.05, 0.1) is 0 Å². The minimum Gasteiger partial charge on any atom is -0.294 e. The summed E-state index contributed by atoms with van der Waals surface area (Å²) in [5, 5.41) is 4.08. The van der Waals surface area contributed by atoms with Crippen LogP contribution in [0, 0.1) is 12.3 Å². The molecule has 0 saturated heterocycles. The Morgan fingerprint density at radius 2 is 1.81 bits per heavy atom. The summed E-state index contributed by atoms with van der Waals surface area (Å²) in [6.45, 7) is 6.26. The molecule has 1 aromatic carbocycles. The van der Waals surface area contributed by atoms with Gasteiger partial charge < -0.3 is 0 Å². The molecule has 3 nitrogen and oxygen atoms in total. The van der Waals surface area contributed by atoms with Crippen molar-refractivity contribution >= 4 is 28.7 Å². The number of carbonyl (C=O) groups excluding carboxylic acids is 2. The smallest absolute Gasteiger partial charge is 0.232 e. The fourth-order valence-electron chi connectivity index (χ4n) is 4.17. The average Bonchev–Trinajstić information content (AvgIpc) is 3.08. The van der Waals surface area contributed by atoms with Gasteiger partial charge in [-0.05, 0) is 53.3 Å². The van der Waals surface area contributed by atoms with Crippen molar-refractivity contribution in [2.75, 3.05) is 4.90 Å². The number of hydrogen-bond donors (Lipinski definition) is 0. The zero-order valence-electron chi connectivity index (χ0n) is 15.4. The third kappa shape index (κ3) is 2.92. The molecule has 134 valence electrons. The highest BCUT2D eigenvalue weighted by atomic mass is 32.1. The lowest BCUT2D eigenvalue weighted by Crippen LogP contribution is -2.43. The molecule has 0 N–H and O–H groups in total. The number of thiophene rings is 1. The topological polar surface area (TPSA) is 37.4 Å². The van der Waals surface area contributed by atoms with E-state index in [-0.39, 0.29) is 23.0 Å². The summed E-state index contributed by atoms with van der Waals surface area (Å²) in [6.07, 6.45) is 1.65. The summed E-state index contributed by atoms with van der Waals surface area (Å²) >= 11 is 1.61. The van der Waals surface area contributed by atoms with E-state index in [1.807, 2.05) is 42.6 Å². The molecule has 0 saturated carbocycles. The number of hydrogen-bond acceptors (Lipinski definition) is 3. The number of rotatable bonds is 2. The zero-order chi connectivity index (χ0) is 18.5. The van der Waals surface area contributed by atoms with Crippen LogP contribution in [-0.4, -0.2) is 11.7 Å². The molecule has 0 radical (unpaired) electrons. The molecule has 4 heteroatoms. The molecule has 0 spiro atoms. The van der Waals surface area contributed by atoms with Crippen LogP contribution in [0.1, 0.15) is 50.2 Å². The van der Waals surface area contributed by atoms with Gasteiger partial charge in [0, 0.05) is 35.7 Å². The van der Waals surface area contributed by atoms with Gasteiger partial charge in [0.1, 0.15) is 0 Å². The van der Waals surface area contributed by atoms with E-state index in [9.17, 15) is 9.59 Å². The molecule has 1 aliphatic heterocycles. The number of amides is 1. The largest absolute Gasteiger partial charge is 0.294 e. The second-order valence-corrected chi connectivity index (χ2v) is 8.96. The van der Waals surface area contributed by atoms with Gasteiger partial charge in [-0.3, -0.25) is 14.5 Å². The van der Waals surface area contributed by atoms with E-state index in [4.69, 9.17) is 0 Å². The Kier molecular flexibility index (Phi) is 4.11. The Balaban J connectivity index is 1.89.